The predicted octanol–water partition coefficient (Wildman–Crippen LogP) is 2.48. The second-order valence-corrected chi connectivity index (χ2v) is 3.44. The summed E-state index contributed by atoms with van der Waals surface area (Å²) in [6.07, 6.45) is 4.86. The highest BCUT2D eigenvalue weighted by atomic mass is 15.3. The van der Waals surface area contributed by atoms with Crippen LogP contribution in [0.25, 0.3) is 5.69 Å². The largest absolute Gasteiger partial charge is 0.386 e. The van der Waals surface area contributed by atoms with Crippen molar-refractivity contribution in [3.63, 3.8) is 0 Å². The number of aromatic nitrogens is 2. The Balaban J connectivity index is 2.28. The molecule has 0 aliphatic rings. The van der Waals surface area contributed by atoms with Crippen molar-refractivity contribution in [3.8, 4) is 5.69 Å². The van der Waals surface area contributed by atoms with Gasteiger partial charge in [-0.2, -0.15) is 5.10 Å². The van der Waals surface area contributed by atoms with Crippen molar-refractivity contribution in [1.82, 2.24) is 9.78 Å². The van der Waals surface area contributed by atoms with Crippen LogP contribution >= 0.6 is 0 Å². The van der Waals surface area contributed by atoms with Crippen molar-refractivity contribution in [2.24, 2.45) is 0 Å². The molecule has 2 rings (SSSR count). The molecule has 2 aromatic rings. The SMILES string of the molecule is CCc1ccc(-n2cc(NC)cn2)cc1. The summed E-state index contributed by atoms with van der Waals surface area (Å²) >= 11 is 0. The number of nitrogens with one attached hydrogen (secondary N) is 1. The van der Waals surface area contributed by atoms with Crippen LogP contribution in [0.1, 0.15) is 12.5 Å². The van der Waals surface area contributed by atoms with Gasteiger partial charge in [0.05, 0.1) is 23.8 Å². The van der Waals surface area contributed by atoms with Gasteiger partial charge in [0.2, 0.25) is 0 Å². The third-order valence-corrected chi connectivity index (χ3v) is 2.48. The first-order valence-electron chi connectivity index (χ1n) is 5.15. The highest BCUT2D eigenvalue weighted by Gasteiger charge is 1.98. The zero-order valence-electron chi connectivity index (χ0n) is 9.07. The van der Waals surface area contributed by atoms with Gasteiger partial charge in [-0.1, -0.05) is 19.1 Å². The Labute approximate surface area is 89.7 Å². The molecule has 1 heterocycles. The molecule has 0 saturated heterocycles. The Morgan fingerprint density at radius 3 is 2.53 bits per heavy atom. The van der Waals surface area contributed by atoms with Crippen LogP contribution in [0.15, 0.2) is 36.7 Å². The number of hydrogen-bond acceptors (Lipinski definition) is 2. The maximum absolute atomic E-state index is 4.27. The minimum Gasteiger partial charge on any atom is -0.386 e. The van der Waals surface area contributed by atoms with Gasteiger partial charge < -0.3 is 5.32 Å². The number of benzene rings is 1. The van der Waals surface area contributed by atoms with Crippen LogP contribution < -0.4 is 5.32 Å². The smallest absolute Gasteiger partial charge is 0.0728 e. The minimum absolute atomic E-state index is 1.02. The van der Waals surface area contributed by atoms with Crippen molar-refractivity contribution in [2.75, 3.05) is 12.4 Å². The van der Waals surface area contributed by atoms with Crippen molar-refractivity contribution in [3.05, 3.63) is 42.2 Å². The summed E-state index contributed by atoms with van der Waals surface area (Å²) in [4.78, 5) is 0. The number of nitrogens with zero attached hydrogens (tertiary/aromatic N) is 2. The van der Waals surface area contributed by atoms with Crippen LogP contribution in [0.4, 0.5) is 5.69 Å². The molecule has 78 valence electrons. The van der Waals surface area contributed by atoms with Crippen LogP contribution in [0.2, 0.25) is 0 Å². The van der Waals surface area contributed by atoms with Gasteiger partial charge in [-0.25, -0.2) is 4.68 Å². The summed E-state index contributed by atoms with van der Waals surface area (Å²) in [6.45, 7) is 2.15. The van der Waals surface area contributed by atoms with Crippen LogP contribution in [-0.4, -0.2) is 16.8 Å². The summed E-state index contributed by atoms with van der Waals surface area (Å²) < 4.78 is 1.87. The Morgan fingerprint density at radius 2 is 2.00 bits per heavy atom. The van der Waals surface area contributed by atoms with Gasteiger partial charge in [-0.05, 0) is 24.1 Å². The lowest BCUT2D eigenvalue weighted by atomic mass is 10.1. The van der Waals surface area contributed by atoms with E-state index in [9.17, 15) is 0 Å². The van der Waals surface area contributed by atoms with Crippen molar-refractivity contribution >= 4 is 5.69 Å². The second kappa shape index (κ2) is 4.17. The van der Waals surface area contributed by atoms with E-state index in [1.54, 1.807) is 0 Å². The first-order valence-corrected chi connectivity index (χ1v) is 5.15. The Bertz CT molecular complexity index is 428. The number of hydrogen-bond donors (Lipinski definition) is 1. The van der Waals surface area contributed by atoms with E-state index in [0.29, 0.717) is 0 Å². The molecule has 0 radical (unpaired) electrons. The molecule has 0 spiro atoms. The average molecular weight is 201 g/mol. The lowest BCUT2D eigenvalue weighted by Crippen LogP contribution is -1.94. The molecule has 0 bridgehead atoms. The number of aryl methyl sites for hydroxylation is 1. The van der Waals surface area contributed by atoms with Crippen LogP contribution in [0.5, 0.6) is 0 Å². The van der Waals surface area contributed by atoms with Crippen molar-refractivity contribution in [1.29, 1.82) is 0 Å². The quantitative estimate of drug-likeness (QED) is 0.826. The molecule has 0 fully saturated rings. The molecule has 1 aromatic carbocycles. The zero-order chi connectivity index (χ0) is 10.7. The molecule has 0 amide bonds. The van der Waals surface area contributed by atoms with Gasteiger partial charge >= 0.3 is 0 Å². The predicted molar refractivity (Wildman–Crippen MR) is 62.5 cm³/mol. The van der Waals surface area contributed by atoms with Crippen molar-refractivity contribution < 1.29 is 0 Å². The lowest BCUT2D eigenvalue weighted by molar-refractivity contribution is 0.879. The third-order valence-electron chi connectivity index (χ3n) is 2.48. The van der Waals surface area contributed by atoms with E-state index in [4.69, 9.17) is 0 Å². The standard InChI is InChI=1S/C12H15N3/c1-3-10-4-6-12(7-5-10)15-9-11(13-2)8-14-15/h4-9,13H,3H2,1-2H3. The van der Waals surface area contributed by atoms with E-state index in [-0.39, 0.29) is 0 Å². The fourth-order valence-electron chi connectivity index (χ4n) is 1.48. The molecule has 1 aromatic heterocycles. The van der Waals surface area contributed by atoms with Gasteiger partial charge in [0, 0.05) is 7.05 Å². The summed E-state index contributed by atoms with van der Waals surface area (Å²) in [5.74, 6) is 0. The highest BCUT2D eigenvalue weighted by molar-refractivity contribution is 5.42. The second-order valence-electron chi connectivity index (χ2n) is 3.44. The Kier molecular flexibility index (Phi) is 2.72. The number of rotatable bonds is 3. The first-order chi connectivity index (χ1) is 7.33. The minimum atomic E-state index is 1.02. The molecule has 0 aliphatic heterocycles. The average Bonchev–Trinajstić information content (AvgIpc) is 2.78. The molecule has 3 heteroatoms. The van der Waals surface area contributed by atoms with E-state index in [1.165, 1.54) is 5.56 Å². The summed E-state index contributed by atoms with van der Waals surface area (Å²) in [7, 11) is 1.89. The molecule has 15 heavy (non-hydrogen) atoms. The summed E-state index contributed by atoms with van der Waals surface area (Å²) in [6, 6.07) is 8.45. The molecule has 3 nitrogen and oxygen atoms in total. The monoisotopic (exact) mass is 201 g/mol. The maximum Gasteiger partial charge on any atom is 0.0728 e. The van der Waals surface area contributed by atoms with E-state index in [0.717, 1.165) is 17.8 Å². The van der Waals surface area contributed by atoms with Crippen LogP contribution in [0.3, 0.4) is 0 Å². The van der Waals surface area contributed by atoms with E-state index in [2.05, 4.69) is 41.6 Å². The molecular weight excluding hydrogens is 186 g/mol. The molecule has 0 unspecified atom stereocenters. The summed E-state index contributed by atoms with van der Waals surface area (Å²) in [5.41, 5.74) is 3.46. The first kappa shape index (κ1) is 9.77. The topological polar surface area (TPSA) is 29.9 Å². The van der Waals surface area contributed by atoms with Gasteiger partial charge in [0.1, 0.15) is 0 Å². The lowest BCUT2D eigenvalue weighted by Gasteiger charge is -2.02. The van der Waals surface area contributed by atoms with Gasteiger partial charge in [0.15, 0.2) is 0 Å². The van der Waals surface area contributed by atoms with Gasteiger partial charge in [-0.3, -0.25) is 0 Å². The fourth-order valence-corrected chi connectivity index (χ4v) is 1.48. The highest BCUT2D eigenvalue weighted by Crippen LogP contribution is 2.12. The van der Waals surface area contributed by atoms with Gasteiger partial charge in [0.25, 0.3) is 0 Å². The molecule has 1 N–H and O–H groups in total. The Morgan fingerprint density at radius 1 is 1.27 bits per heavy atom. The summed E-state index contributed by atoms with van der Waals surface area (Å²) in [5, 5.41) is 7.32. The molecule has 0 saturated carbocycles. The van der Waals surface area contributed by atoms with E-state index < -0.39 is 0 Å². The van der Waals surface area contributed by atoms with E-state index >= 15 is 0 Å². The third kappa shape index (κ3) is 2.01. The fraction of sp³-hybridized carbons (Fsp3) is 0.250. The maximum atomic E-state index is 4.27. The normalized spacial score (nSPS) is 10.3. The zero-order valence-corrected chi connectivity index (χ0v) is 9.07. The molecular formula is C12H15N3. The Hall–Kier alpha value is -1.77. The van der Waals surface area contributed by atoms with Crippen LogP contribution in [0, 0.1) is 0 Å². The number of anilines is 1. The molecule has 0 aliphatic carbocycles. The van der Waals surface area contributed by atoms with Gasteiger partial charge in [-0.15, -0.1) is 0 Å². The van der Waals surface area contributed by atoms with Crippen LogP contribution in [-0.2, 0) is 6.42 Å². The van der Waals surface area contributed by atoms with E-state index in [1.807, 2.05) is 24.1 Å². The van der Waals surface area contributed by atoms with Crippen molar-refractivity contribution in [2.45, 2.75) is 13.3 Å². The molecule has 0 atom stereocenters.